The van der Waals surface area contributed by atoms with Crippen LogP contribution in [0.15, 0.2) is 18.2 Å². The van der Waals surface area contributed by atoms with E-state index in [1.54, 1.807) is 14.2 Å². The van der Waals surface area contributed by atoms with Gasteiger partial charge in [-0.15, -0.1) is 0 Å². The number of carbonyl (C=O) groups is 1. The molecule has 5 heteroatoms. The van der Waals surface area contributed by atoms with Gasteiger partial charge in [0.15, 0.2) is 22.7 Å². The van der Waals surface area contributed by atoms with E-state index in [2.05, 4.69) is 39.5 Å². The topological polar surface area (TPSA) is 57.3 Å². The first-order valence-electron chi connectivity index (χ1n) is 10.7. The minimum absolute atomic E-state index is 0.125. The third-order valence-corrected chi connectivity index (χ3v) is 5.30. The molecule has 1 fully saturated rings. The maximum absolute atomic E-state index is 11.8. The van der Waals surface area contributed by atoms with Gasteiger partial charge in [0.2, 0.25) is 0 Å². The van der Waals surface area contributed by atoms with Gasteiger partial charge >= 0.3 is 5.97 Å². The van der Waals surface area contributed by atoms with Crippen LogP contribution in [0.1, 0.15) is 59.9 Å². The molecule has 0 saturated carbocycles. The number of benzene rings is 1. The standard InChI is InChI=1S/C25H36O5/c1-17(2)16-25(23(30-25)18(3)4)14-13-24(6,29-19(5)26)12-11-20-9-10-21(27-7)22(15-20)28-8/h9-10,15,17-18,23H,11-12,16H2,1-8H3. The second-order valence-electron chi connectivity index (χ2n) is 9.03. The van der Waals surface area contributed by atoms with Gasteiger partial charge in [0.1, 0.15) is 6.10 Å². The Balaban J connectivity index is 2.22. The van der Waals surface area contributed by atoms with Gasteiger partial charge in [0.25, 0.3) is 0 Å². The van der Waals surface area contributed by atoms with Gasteiger partial charge in [-0.1, -0.05) is 45.6 Å². The van der Waals surface area contributed by atoms with E-state index in [9.17, 15) is 4.79 Å². The summed E-state index contributed by atoms with van der Waals surface area (Å²) in [5, 5.41) is 0. The fraction of sp³-hybridized carbons (Fsp3) is 0.640. The van der Waals surface area contributed by atoms with Crippen LogP contribution in [0.25, 0.3) is 0 Å². The predicted octanol–water partition coefficient (Wildman–Crippen LogP) is 4.80. The van der Waals surface area contributed by atoms with Crippen LogP contribution in [0.3, 0.4) is 0 Å². The maximum Gasteiger partial charge on any atom is 0.304 e. The van der Waals surface area contributed by atoms with E-state index >= 15 is 0 Å². The van der Waals surface area contributed by atoms with Crippen molar-refractivity contribution in [2.24, 2.45) is 11.8 Å². The van der Waals surface area contributed by atoms with Crippen LogP contribution in [0.5, 0.6) is 11.5 Å². The largest absolute Gasteiger partial charge is 0.493 e. The molecule has 0 amide bonds. The highest BCUT2D eigenvalue weighted by molar-refractivity contribution is 5.67. The molecule has 0 spiro atoms. The molecule has 3 atom stereocenters. The smallest absolute Gasteiger partial charge is 0.304 e. The molecule has 0 radical (unpaired) electrons. The Kier molecular flexibility index (Phi) is 7.82. The first-order valence-corrected chi connectivity index (χ1v) is 10.7. The van der Waals surface area contributed by atoms with E-state index in [1.807, 2.05) is 25.1 Å². The Morgan fingerprint density at radius 2 is 1.87 bits per heavy atom. The van der Waals surface area contributed by atoms with Gasteiger partial charge in [-0.25, -0.2) is 0 Å². The van der Waals surface area contributed by atoms with Crippen molar-refractivity contribution in [3.63, 3.8) is 0 Å². The lowest BCUT2D eigenvalue weighted by Gasteiger charge is -2.24. The zero-order valence-electron chi connectivity index (χ0n) is 19.6. The molecule has 1 aromatic carbocycles. The van der Waals surface area contributed by atoms with E-state index in [-0.39, 0.29) is 12.1 Å². The molecule has 0 aliphatic carbocycles. The first-order chi connectivity index (χ1) is 14.0. The molecule has 1 heterocycles. The quantitative estimate of drug-likeness (QED) is 0.329. The highest BCUT2D eigenvalue weighted by Crippen LogP contribution is 2.45. The van der Waals surface area contributed by atoms with Crippen LogP contribution in [0, 0.1) is 23.7 Å². The van der Waals surface area contributed by atoms with Crippen molar-refractivity contribution in [1.82, 2.24) is 0 Å². The predicted molar refractivity (Wildman–Crippen MR) is 118 cm³/mol. The molecular formula is C25H36O5. The summed E-state index contributed by atoms with van der Waals surface area (Å²) in [7, 11) is 3.23. The number of methoxy groups -OCH3 is 2. The van der Waals surface area contributed by atoms with E-state index in [4.69, 9.17) is 18.9 Å². The summed E-state index contributed by atoms with van der Waals surface area (Å²) in [5.41, 5.74) is -0.267. The van der Waals surface area contributed by atoms with Crippen molar-refractivity contribution < 1.29 is 23.7 Å². The van der Waals surface area contributed by atoms with Gasteiger partial charge in [0.05, 0.1) is 14.2 Å². The fourth-order valence-electron chi connectivity index (χ4n) is 3.90. The minimum Gasteiger partial charge on any atom is -0.493 e. The Bertz CT molecular complexity index is 803. The number of ether oxygens (including phenoxy) is 4. The summed E-state index contributed by atoms with van der Waals surface area (Å²) >= 11 is 0. The molecule has 166 valence electrons. The fourth-order valence-corrected chi connectivity index (χ4v) is 3.90. The minimum atomic E-state index is -0.892. The Labute approximate surface area is 181 Å². The number of epoxide rings is 1. The average Bonchev–Trinajstić information content (AvgIpc) is 3.38. The lowest BCUT2D eigenvalue weighted by Crippen LogP contribution is -2.31. The lowest BCUT2D eigenvalue weighted by atomic mass is 9.88. The van der Waals surface area contributed by atoms with Crippen molar-refractivity contribution in [2.45, 2.75) is 78.1 Å². The Morgan fingerprint density at radius 3 is 2.37 bits per heavy atom. The van der Waals surface area contributed by atoms with Crippen LogP contribution in [-0.2, 0) is 20.7 Å². The number of hydrogen-bond acceptors (Lipinski definition) is 5. The third-order valence-electron chi connectivity index (χ3n) is 5.30. The van der Waals surface area contributed by atoms with E-state index < -0.39 is 11.2 Å². The monoisotopic (exact) mass is 416 g/mol. The summed E-state index contributed by atoms with van der Waals surface area (Å²) in [6, 6.07) is 5.81. The Hall–Kier alpha value is -2.19. The molecule has 1 aromatic rings. The van der Waals surface area contributed by atoms with Crippen LogP contribution in [-0.4, -0.2) is 37.5 Å². The zero-order chi connectivity index (χ0) is 22.5. The molecule has 0 aromatic heterocycles. The SMILES string of the molecule is COc1ccc(CCC(C)(C#CC2(CC(C)C)OC2C(C)C)OC(C)=O)cc1OC. The average molecular weight is 417 g/mol. The zero-order valence-corrected chi connectivity index (χ0v) is 19.6. The number of aryl methyl sites for hydroxylation is 1. The normalized spacial score (nSPS) is 22.1. The molecule has 0 bridgehead atoms. The molecule has 1 saturated heterocycles. The van der Waals surface area contributed by atoms with Gasteiger partial charge in [-0.3, -0.25) is 4.79 Å². The number of carbonyl (C=O) groups excluding carboxylic acids is 1. The van der Waals surface area contributed by atoms with Crippen molar-refractivity contribution >= 4 is 5.97 Å². The van der Waals surface area contributed by atoms with Crippen molar-refractivity contribution in [1.29, 1.82) is 0 Å². The van der Waals surface area contributed by atoms with Gasteiger partial charge in [-0.05, 0) is 49.3 Å². The van der Waals surface area contributed by atoms with Crippen molar-refractivity contribution in [2.75, 3.05) is 14.2 Å². The third kappa shape index (κ3) is 6.15. The molecule has 2 rings (SSSR count). The van der Waals surface area contributed by atoms with E-state index in [1.165, 1.54) is 6.92 Å². The van der Waals surface area contributed by atoms with E-state index in [0.29, 0.717) is 36.2 Å². The molecule has 3 unspecified atom stereocenters. The van der Waals surface area contributed by atoms with Crippen molar-refractivity contribution in [3.05, 3.63) is 23.8 Å². The second-order valence-corrected chi connectivity index (χ2v) is 9.03. The molecule has 30 heavy (non-hydrogen) atoms. The van der Waals surface area contributed by atoms with E-state index in [0.717, 1.165) is 12.0 Å². The van der Waals surface area contributed by atoms with Gasteiger partial charge in [-0.2, -0.15) is 0 Å². The Morgan fingerprint density at radius 1 is 1.20 bits per heavy atom. The highest BCUT2D eigenvalue weighted by atomic mass is 16.6. The number of rotatable bonds is 9. The van der Waals surface area contributed by atoms with Crippen LogP contribution in [0.4, 0.5) is 0 Å². The van der Waals surface area contributed by atoms with Gasteiger partial charge in [0, 0.05) is 13.3 Å². The molecule has 1 aliphatic rings. The molecule has 1 aliphatic heterocycles. The summed E-state index contributed by atoms with van der Waals surface area (Å²) in [6.07, 6.45) is 2.25. The lowest BCUT2D eigenvalue weighted by molar-refractivity contribution is -0.150. The highest BCUT2D eigenvalue weighted by Gasteiger charge is 2.57. The molecular weight excluding hydrogens is 380 g/mol. The number of esters is 1. The molecule has 0 N–H and O–H groups in total. The molecule has 5 nitrogen and oxygen atoms in total. The van der Waals surface area contributed by atoms with Gasteiger partial charge < -0.3 is 18.9 Å². The summed E-state index contributed by atoms with van der Waals surface area (Å²) in [6.45, 7) is 11.9. The van der Waals surface area contributed by atoms with Crippen molar-refractivity contribution in [3.8, 4) is 23.3 Å². The summed E-state index contributed by atoms with van der Waals surface area (Å²) in [5.74, 6) is 8.51. The summed E-state index contributed by atoms with van der Waals surface area (Å²) < 4.78 is 22.4. The van der Waals surface area contributed by atoms with Crippen LogP contribution >= 0.6 is 0 Å². The number of hydrogen-bond donors (Lipinski definition) is 0. The first kappa shape index (κ1) is 24.1. The second kappa shape index (κ2) is 9.75. The maximum atomic E-state index is 11.8. The van der Waals surface area contributed by atoms with Crippen LogP contribution in [0.2, 0.25) is 0 Å². The summed E-state index contributed by atoms with van der Waals surface area (Å²) in [4.78, 5) is 11.8. The van der Waals surface area contributed by atoms with Crippen LogP contribution < -0.4 is 9.47 Å².